The molecule has 0 unspecified atom stereocenters. The van der Waals surface area contributed by atoms with Gasteiger partial charge in [0.1, 0.15) is 23.2 Å². The summed E-state index contributed by atoms with van der Waals surface area (Å²) in [5.41, 5.74) is 1.36. The van der Waals surface area contributed by atoms with Gasteiger partial charge in [0.05, 0.1) is 12.6 Å². The standard InChI is InChI=1S/C14H15N3O2/c1-4-17-13-7-10(19-3)5-6-11(13)12(8-15)14(17)16-9(2)18/h5-7H,4H2,1-3H3,(H,16,18). The lowest BCUT2D eigenvalue weighted by molar-refractivity contribution is -0.114. The van der Waals surface area contributed by atoms with Crippen LogP contribution in [0.25, 0.3) is 10.9 Å². The Balaban J connectivity index is 2.79. The highest BCUT2D eigenvalue weighted by atomic mass is 16.5. The molecule has 1 amide bonds. The van der Waals surface area contributed by atoms with Crippen LogP contribution in [0.3, 0.4) is 0 Å². The van der Waals surface area contributed by atoms with Gasteiger partial charge in [-0.15, -0.1) is 0 Å². The molecule has 0 spiro atoms. The fourth-order valence-electron chi connectivity index (χ4n) is 2.19. The van der Waals surface area contributed by atoms with Gasteiger partial charge in [0.2, 0.25) is 5.91 Å². The van der Waals surface area contributed by atoms with Crippen molar-refractivity contribution in [3.05, 3.63) is 23.8 Å². The molecule has 1 aromatic carbocycles. The zero-order chi connectivity index (χ0) is 14.0. The van der Waals surface area contributed by atoms with Crippen LogP contribution >= 0.6 is 0 Å². The van der Waals surface area contributed by atoms with Gasteiger partial charge >= 0.3 is 0 Å². The Kier molecular flexibility index (Phi) is 3.43. The van der Waals surface area contributed by atoms with Gasteiger partial charge in [0.25, 0.3) is 0 Å². The van der Waals surface area contributed by atoms with Crippen LogP contribution in [0.4, 0.5) is 5.82 Å². The number of aryl methyl sites for hydroxylation is 1. The summed E-state index contributed by atoms with van der Waals surface area (Å²) in [5, 5.41) is 12.9. The Labute approximate surface area is 111 Å². The molecule has 98 valence electrons. The number of carbonyl (C=O) groups is 1. The van der Waals surface area contributed by atoms with Gasteiger partial charge in [-0.1, -0.05) is 0 Å². The molecule has 0 saturated carbocycles. The number of amides is 1. The number of rotatable bonds is 3. The van der Waals surface area contributed by atoms with Crippen LogP contribution in [0.5, 0.6) is 5.75 Å². The van der Waals surface area contributed by atoms with E-state index in [9.17, 15) is 10.1 Å². The van der Waals surface area contributed by atoms with E-state index < -0.39 is 0 Å². The number of hydrogen-bond donors (Lipinski definition) is 1. The van der Waals surface area contributed by atoms with Crippen molar-refractivity contribution in [1.82, 2.24) is 4.57 Å². The molecule has 0 fully saturated rings. The number of methoxy groups -OCH3 is 1. The molecule has 5 heteroatoms. The fraction of sp³-hybridized carbons (Fsp3) is 0.286. The third-order valence-electron chi connectivity index (χ3n) is 2.99. The fourth-order valence-corrected chi connectivity index (χ4v) is 2.19. The van der Waals surface area contributed by atoms with Gasteiger partial charge in [-0.2, -0.15) is 5.26 Å². The Hall–Kier alpha value is -2.48. The number of nitrogens with one attached hydrogen (secondary N) is 1. The second-order valence-electron chi connectivity index (χ2n) is 4.14. The quantitative estimate of drug-likeness (QED) is 0.918. The summed E-state index contributed by atoms with van der Waals surface area (Å²) in [5.74, 6) is 1.07. The Bertz CT molecular complexity index is 680. The first-order valence-corrected chi connectivity index (χ1v) is 6.00. The van der Waals surface area contributed by atoms with Crippen molar-refractivity contribution in [2.45, 2.75) is 20.4 Å². The minimum atomic E-state index is -0.194. The predicted octanol–water partition coefficient (Wildman–Crippen LogP) is 2.50. The first-order chi connectivity index (χ1) is 9.12. The van der Waals surface area contributed by atoms with E-state index in [1.54, 1.807) is 13.2 Å². The van der Waals surface area contributed by atoms with E-state index in [1.807, 2.05) is 23.6 Å². The second kappa shape index (κ2) is 5.02. The van der Waals surface area contributed by atoms with Gasteiger partial charge in [-0.25, -0.2) is 0 Å². The summed E-state index contributed by atoms with van der Waals surface area (Å²) in [6, 6.07) is 7.67. The molecule has 2 aromatic rings. The van der Waals surface area contributed by atoms with E-state index in [0.29, 0.717) is 17.9 Å². The molecule has 1 heterocycles. The second-order valence-corrected chi connectivity index (χ2v) is 4.14. The van der Waals surface area contributed by atoms with E-state index >= 15 is 0 Å². The number of carbonyl (C=O) groups excluding carboxylic acids is 1. The van der Waals surface area contributed by atoms with E-state index in [1.165, 1.54) is 6.92 Å². The summed E-state index contributed by atoms with van der Waals surface area (Å²) < 4.78 is 7.10. The third-order valence-corrected chi connectivity index (χ3v) is 2.99. The lowest BCUT2D eigenvalue weighted by Crippen LogP contribution is -2.11. The van der Waals surface area contributed by atoms with Gasteiger partial charge in [0, 0.05) is 24.9 Å². The van der Waals surface area contributed by atoms with Crippen LogP contribution in [0, 0.1) is 11.3 Å². The smallest absolute Gasteiger partial charge is 0.222 e. The summed E-state index contributed by atoms with van der Waals surface area (Å²) >= 11 is 0. The molecule has 19 heavy (non-hydrogen) atoms. The van der Waals surface area contributed by atoms with Gasteiger partial charge in [-0.3, -0.25) is 4.79 Å². The molecule has 1 N–H and O–H groups in total. The predicted molar refractivity (Wildman–Crippen MR) is 73.2 cm³/mol. The minimum absolute atomic E-state index is 0.194. The zero-order valence-corrected chi connectivity index (χ0v) is 11.2. The first-order valence-electron chi connectivity index (χ1n) is 6.00. The van der Waals surface area contributed by atoms with Gasteiger partial charge in [-0.05, 0) is 19.1 Å². The van der Waals surface area contributed by atoms with Crippen LogP contribution < -0.4 is 10.1 Å². The lowest BCUT2D eigenvalue weighted by Gasteiger charge is -2.08. The maximum Gasteiger partial charge on any atom is 0.222 e. The highest BCUT2D eigenvalue weighted by Gasteiger charge is 2.17. The number of fused-ring (bicyclic) bond motifs is 1. The van der Waals surface area contributed by atoms with Crippen molar-refractivity contribution in [3.8, 4) is 11.8 Å². The minimum Gasteiger partial charge on any atom is -0.497 e. The van der Waals surface area contributed by atoms with Crippen LogP contribution in [0.1, 0.15) is 19.4 Å². The molecular formula is C14H15N3O2. The van der Waals surface area contributed by atoms with E-state index in [2.05, 4.69) is 11.4 Å². The van der Waals surface area contributed by atoms with Crippen molar-refractivity contribution in [2.75, 3.05) is 12.4 Å². The number of nitriles is 1. The number of aromatic nitrogens is 1. The molecule has 5 nitrogen and oxygen atoms in total. The van der Waals surface area contributed by atoms with Gasteiger partial charge < -0.3 is 14.6 Å². The molecular weight excluding hydrogens is 242 g/mol. The number of anilines is 1. The lowest BCUT2D eigenvalue weighted by atomic mass is 10.2. The number of ether oxygens (including phenoxy) is 1. The maximum absolute atomic E-state index is 11.3. The maximum atomic E-state index is 11.3. The molecule has 0 atom stereocenters. The van der Waals surface area contributed by atoms with E-state index in [0.717, 1.165) is 16.7 Å². The molecule has 1 aromatic heterocycles. The Morgan fingerprint density at radius 3 is 2.79 bits per heavy atom. The Morgan fingerprint density at radius 2 is 2.26 bits per heavy atom. The molecule has 0 bridgehead atoms. The highest BCUT2D eigenvalue weighted by molar-refractivity contribution is 5.98. The summed E-state index contributed by atoms with van der Waals surface area (Å²) in [6.45, 7) is 4.05. The van der Waals surface area contributed by atoms with Crippen LogP contribution in [0.2, 0.25) is 0 Å². The Morgan fingerprint density at radius 1 is 1.53 bits per heavy atom. The highest BCUT2D eigenvalue weighted by Crippen LogP contribution is 2.32. The van der Waals surface area contributed by atoms with E-state index in [4.69, 9.17) is 4.74 Å². The molecule has 2 rings (SSSR count). The molecule has 0 saturated heterocycles. The van der Waals surface area contributed by atoms with Crippen molar-refractivity contribution < 1.29 is 9.53 Å². The molecule has 0 aliphatic rings. The van der Waals surface area contributed by atoms with Crippen LogP contribution in [0.15, 0.2) is 18.2 Å². The average molecular weight is 257 g/mol. The topological polar surface area (TPSA) is 67.0 Å². The number of nitrogens with zero attached hydrogens (tertiary/aromatic N) is 2. The normalized spacial score (nSPS) is 10.2. The summed E-state index contributed by atoms with van der Waals surface area (Å²) in [6.07, 6.45) is 0. The molecule has 0 aliphatic heterocycles. The van der Waals surface area contributed by atoms with Crippen LogP contribution in [-0.4, -0.2) is 17.6 Å². The molecule has 0 radical (unpaired) electrons. The summed E-state index contributed by atoms with van der Waals surface area (Å²) in [7, 11) is 1.60. The number of hydrogen-bond acceptors (Lipinski definition) is 3. The third kappa shape index (κ3) is 2.13. The molecule has 0 aliphatic carbocycles. The van der Waals surface area contributed by atoms with Crippen molar-refractivity contribution in [2.24, 2.45) is 0 Å². The average Bonchev–Trinajstić information content (AvgIpc) is 2.69. The first kappa shape index (κ1) is 13.0. The van der Waals surface area contributed by atoms with Crippen molar-refractivity contribution >= 4 is 22.6 Å². The van der Waals surface area contributed by atoms with Crippen LogP contribution in [-0.2, 0) is 11.3 Å². The zero-order valence-electron chi connectivity index (χ0n) is 11.2. The SMILES string of the molecule is CCn1c(NC(C)=O)c(C#N)c2ccc(OC)cc21. The van der Waals surface area contributed by atoms with Crippen molar-refractivity contribution in [3.63, 3.8) is 0 Å². The largest absolute Gasteiger partial charge is 0.497 e. The van der Waals surface area contributed by atoms with Gasteiger partial charge in [0.15, 0.2) is 0 Å². The van der Waals surface area contributed by atoms with E-state index in [-0.39, 0.29) is 5.91 Å². The van der Waals surface area contributed by atoms with Crippen molar-refractivity contribution in [1.29, 1.82) is 5.26 Å². The summed E-state index contributed by atoms with van der Waals surface area (Å²) in [4.78, 5) is 11.3. The monoisotopic (exact) mass is 257 g/mol. The number of benzene rings is 1.